The monoisotopic (exact) mass is 413 g/mol. The van der Waals surface area contributed by atoms with E-state index < -0.39 is 0 Å². The number of ketones is 1. The Bertz CT molecular complexity index is 1040. The maximum atomic E-state index is 12.3. The van der Waals surface area contributed by atoms with Crippen LogP contribution in [0.2, 0.25) is 0 Å². The van der Waals surface area contributed by atoms with Crippen molar-refractivity contribution in [3.05, 3.63) is 39.3 Å². The van der Waals surface area contributed by atoms with Gasteiger partial charge in [0.15, 0.2) is 5.16 Å². The van der Waals surface area contributed by atoms with Gasteiger partial charge in [-0.2, -0.15) is 0 Å². The Morgan fingerprint density at radius 3 is 2.86 bits per heavy atom. The minimum Gasteiger partial charge on any atom is -0.508 e. The fourth-order valence-electron chi connectivity index (χ4n) is 3.83. The summed E-state index contributed by atoms with van der Waals surface area (Å²) < 4.78 is 0. The number of Topliss-reactive ketones (excluding diaryl/α,β-unsaturated/α-hetero) is 1. The van der Waals surface area contributed by atoms with Gasteiger partial charge in [-0.05, 0) is 32.1 Å². The van der Waals surface area contributed by atoms with E-state index in [-0.39, 0.29) is 29.3 Å². The van der Waals surface area contributed by atoms with Crippen LogP contribution in [0.3, 0.4) is 0 Å². The molecule has 2 heterocycles. The van der Waals surface area contributed by atoms with Crippen LogP contribution < -0.4 is 5.56 Å². The maximum Gasteiger partial charge on any atom is 0.254 e. The number of aromatic hydroxyl groups is 2. The molecular formula is C21H23N3O4S. The van der Waals surface area contributed by atoms with Crippen molar-refractivity contribution in [3.8, 4) is 11.5 Å². The van der Waals surface area contributed by atoms with Gasteiger partial charge in [-0.3, -0.25) is 14.6 Å². The highest BCUT2D eigenvalue weighted by Crippen LogP contribution is 2.37. The molecule has 1 aromatic heterocycles. The van der Waals surface area contributed by atoms with Crippen molar-refractivity contribution in [3.63, 3.8) is 0 Å². The number of aliphatic imine (C=N–C) groups is 1. The van der Waals surface area contributed by atoms with Crippen molar-refractivity contribution in [1.29, 1.82) is 0 Å². The summed E-state index contributed by atoms with van der Waals surface area (Å²) in [5, 5.41) is 20.1. The van der Waals surface area contributed by atoms with Gasteiger partial charge in [-0.25, -0.2) is 4.98 Å². The summed E-state index contributed by atoms with van der Waals surface area (Å²) in [4.78, 5) is 36.2. The highest BCUT2D eigenvalue weighted by atomic mass is 32.2. The second-order valence-electron chi connectivity index (χ2n) is 7.49. The molecule has 3 N–H and O–H groups in total. The van der Waals surface area contributed by atoms with E-state index in [1.165, 1.54) is 23.9 Å². The molecule has 0 unspecified atom stereocenters. The lowest BCUT2D eigenvalue weighted by molar-refractivity contribution is -0.117. The molecule has 0 fully saturated rings. The minimum absolute atomic E-state index is 0.00846. The predicted octanol–water partition coefficient (Wildman–Crippen LogP) is 3.22. The van der Waals surface area contributed by atoms with E-state index in [1.807, 2.05) is 0 Å². The summed E-state index contributed by atoms with van der Waals surface area (Å²) in [5.41, 5.74) is 3.62. The first kappa shape index (κ1) is 19.7. The molecular weight excluding hydrogens is 390 g/mol. The Morgan fingerprint density at radius 1 is 1.17 bits per heavy atom. The Hall–Kier alpha value is -2.61. The highest BCUT2D eigenvalue weighted by molar-refractivity contribution is 7.99. The highest BCUT2D eigenvalue weighted by Gasteiger charge is 2.21. The topological polar surface area (TPSA) is 116 Å². The zero-order valence-electron chi connectivity index (χ0n) is 16.0. The average molecular weight is 413 g/mol. The molecule has 8 heteroatoms. The van der Waals surface area contributed by atoms with Crippen LogP contribution in [-0.4, -0.2) is 37.4 Å². The number of aromatic nitrogens is 2. The third-order valence-electron chi connectivity index (χ3n) is 5.26. The second-order valence-corrected chi connectivity index (χ2v) is 8.57. The SMILES string of the molecule is O=C(CCCSc1nc2c(c(=O)[nH]1)CCCC2)CC1=Nc2cc(O)cc(O)c2C1. The number of carbonyl (C=O) groups excluding carboxylic acids is 1. The standard InChI is InChI=1S/C21H23N3O4S/c25-13(8-12-9-16-18(22-12)10-14(26)11-19(16)27)4-3-7-29-21-23-17-6-2-1-5-15(17)20(28)24-21/h10-11,26-27H,1-9H2,(H,23,24,28). The Labute approximate surface area is 172 Å². The summed E-state index contributed by atoms with van der Waals surface area (Å²) in [7, 11) is 0. The molecule has 0 bridgehead atoms. The van der Waals surface area contributed by atoms with Crippen molar-refractivity contribution in [2.75, 3.05) is 5.75 Å². The molecule has 1 aromatic carbocycles. The minimum atomic E-state index is -0.0385. The number of fused-ring (bicyclic) bond motifs is 2. The van der Waals surface area contributed by atoms with Gasteiger partial charge in [-0.1, -0.05) is 11.8 Å². The van der Waals surface area contributed by atoms with Crippen LogP contribution in [0.15, 0.2) is 27.1 Å². The number of carbonyl (C=O) groups is 1. The number of nitrogens with one attached hydrogen (secondary N) is 1. The average Bonchev–Trinajstić information content (AvgIpc) is 3.08. The number of phenols is 2. The number of benzene rings is 1. The van der Waals surface area contributed by atoms with E-state index in [1.54, 1.807) is 0 Å². The van der Waals surface area contributed by atoms with E-state index in [0.29, 0.717) is 47.1 Å². The van der Waals surface area contributed by atoms with Gasteiger partial charge in [0, 0.05) is 54.0 Å². The van der Waals surface area contributed by atoms with Gasteiger partial charge in [0.2, 0.25) is 0 Å². The number of nitrogens with zero attached hydrogens (tertiary/aromatic N) is 2. The fraction of sp³-hybridized carbons (Fsp3) is 0.429. The lowest BCUT2D eigenvalue weighted by Crippen LogP contribution is -2.21. The first-order valence-corrected chi connectivity index (χ1v) is 10.9. The maximum absolute atomic E-state index is 12.3. The first-order valence-electron chi connectivity index (χ1n) is 9.87. The van der Waals surface area contributed by atoms with Crippen LogP contribution in [-0.2, 0) is 24.1 Å². The number of aryl methyl sites for hydroxylation is 1. The lowest BCUT2D eigenvalue weighted by Gasteiger charge is -2.14. The number of thioether (sulfide) groups is 1. The van der Waals surface area contributed by atoms with Crippen LogP contribution in [0.25, 0.3) is 0 Å². The van der Waals surface area contributed by atoms with Crippen LogP contribution in [0.5, 0.6) is 11.5 Å². The molecule has 0 saturated carbocycles. The summed E-state index contributed by atoms with van der Waals surface area (Å²) in [6.45, 7) is 0. The van der Waals surface area contributed by atoms with Gasteiger partial charge in [0.05, 0.1) is 11.4 Å². The number of hydrogen-bond donors (Lipinski definition) is 3. The van der Waals surface area contributed by atoms with E-state index in [4.69, 9.17) is 0 Å². The van der Waals surface area contributed by atoms with Gasteiger partial charge < -0.3 is 15.2 Å². The molecule has 0 amide bonds. The third-order valence-corrected chi connectivity index (χ3v) is 6.22. The Kier molecular flexibility index (Phi) is 5.71. The van der Waals surface area contributed by atoms with Crippen molar-refractivity contribution in [1.82, 2.24) is 9.97 Å². The largest absolute Gasteiger partial charge is 0.508 e. The Balaban J connectivity index is 1.25. The van der Waals surface area contributed by atoms with E-state index in [9.17, 15) is 19.8 Å². The molecule has 29 heavy (non-hydrogen) atoms. The van der Waals surface area contributed by atoms with Crippen LogP contribution in [0.1, 0.15) is 48.9 Å². The number of rotatable bonds is 7. The van der Waals surface area contributed by atoms with Gasteiger partial charge in [0.25, 0.3) is 5.56 Å². The van der Waals surface area contributed by atoms with Gasteiger partial charge >= 0.3 is 0 Å². The number of phenolic OH excluding ortho intramolecular Hbond substituents is 2. The van der Waals surface area contributed by atoms with Crippen molar-refractivity contribution >= 4 is 28.9 Å². The number of H-pyrrole nitrogens is 1. The fourth-order valence-corrected chi connectivity index (χ4v) is 4.65. The normalized spacial score (nSPS) is 15.0. The second kappa shape index (κ2) is 8.41. The van der Waals surface area contributed by atoms with Crippen molar-refractivity contribution in [2.45, 2.75) is 56.5 Å². The van der Waals surface area contributed by atoms with Gasteiger partial charge in [0.1, 0.15) is 17.3 Å². The molecule has 7 nitrogen and oxygen atoms in total. The molecule has 152 valence electrons. The molecule has 4 rings (SSSR count). The first-order chi connectivity index (χ1) is 14.0. The molecule has 0 spiro atoms. The summed E-state index contributed by atoms with van der Waals surface area (Å²) >= 11 is 1.48. The lowest BCUT2D eigenvalue weighted by atomic mass is 9.97. The van der Waals surface area contributed by atoms with Crippen LogP contribution >= 0.6 is 11.8 Å². The summed E-state index contributed by atoms with van der Waals surface area (Å²) in [6.07, 6.45) is 5.59. The molecule has 0 saturated heterocycles. The number of aromatic amines is 1. The molecule has 2 aromatic rings. The molecule has 0 atom stereocenters. The summed E-state index contributed by atoms with van der Waals surface area (Å²) in [5.74, 6) is 0.764. The van der Waals surface area contributed by atoms with E-state index in [2.05, 4.69) is 15.0 Å². The van der Waals surface area contributed by atoms with Crippen molar-refractivity contribution in [2.24, 2.45) is 4.99 Å². The predicted molar refractivity (Wildman–Crippen MR) is 112 cm³/mol. The van der Waals surface area contributed by atoms with Crippen LogP contribution in [0.4, 0.5) is 5.69 Å². The van der Waals surface area contributed by atoms with Gasteiger partial charge in [-0.15, -0.1) is 0 Å². The third kappa shape index (κ3) is 4.53. The zero-order chi connectivity index (χ0) is 20.4. The molecule has 1 aliphatic carbocycles. The number of hydrogen-bond acceptors (Lipinski definition) is 7. The van der Waals surface area contributed by atoms with E-state index >= 15 is 0 Å². The van der Waals surface area contributed by atoms with E-state index in [0.717, 1.165) is 36.9 Å². The summed E-state index contributed by atoms with van der Waals surface area (Å²) in [6, 6.07) is 2.78. The molecule has 2 aliphatic rings. The quantitative estimate of drug-likeness (QED) is 0.365. The molecule has 0 radical (unpaired) electrons. The Morgan fingerprint density at radius 2 is 2.00 bits per heavy atom. The zero-order valence-corrected chi connectivity index (χ0v) is 16.8. The smallest absolute Gasteiger partial charge is 0.254 e. The van der Waals surface area contributed by atoms with Crippen molar-refractivity contribution < 1.29 is 15.0 Å². The van der Waals surface area contributed by atoms with Crippen LogP contribution in [0, 0.1) is 0 Å². The molecule has 1 aliphatic heterocycles.